The number of thioether (sulfide) groups is 1. The Labute approximate surface area is 271 Å². The molecule has 1 atom stereocenters. The molecule has 0 saturated carbocycles. The number of nitrogens with zero attached hydrogens (tertiary/aromatic N) is 2. The highest BCUT2D eigenvalue weighted by Crippen LogP contribution is 2.38. The number of anilines is 2. The minimum atomic E-state index is -0.735. The number of non-ortho nitro benzene ring substituents is 1. The van der Waals surface area contributed by atoms with Crippen LogP contribution in [0.4, 0.5) is 17.1 Å². The first-order valence-corrected chi connectivity index (χ1v) is 14.9. The summed E-state index contributed by atoms with van der Waals surface area (Å²) in [5, 5.41) is 16.2. The molecule has 4 aromatic carbocycles. The van der Waals surface area contributed by atoms with Crippen molar-refractivity contribution in [2.45, 2.75) is 16.6 Å². The van der Waals surface area contributed by atoms with Crippen LogP contribution in [0, 0.1) is 10.1 Å². The maximum absolute atomic E-state index is 13.4. The van der Waals surface area contributed by atoms with Gasteiger partial charge in [-0.15, -0.1) is 11.8 Å². The summed E-state index contributed by atoms with van der Waals surface area (Å²) in [6.07, 6.45) is 1.34. The highest BCUT2D eigenvalue weighted by atomic mass is 35.5. The molecule has 5 rings (SSSR count). The summed E-state index contributed by atoms with van der Waals surface area (Å²) in [5.41, 5.74) is 1.11. The van der Waals surface area contributed by atoms with Crippen molar-refractivity contribution in [2.24, 2.45) is 0 Å². The Morgan fingerprint density at radius 1 is 0.933 bits per heavy atom. The molecule has 0 aromatic heterocycles. The Hall–Kier alpha value is -4.97. The molecule has 226 valence electrons. The van der Waals surface area contributed by atoms with E-state index in [2.05, 4.69) is 10.6 Å². The van der Waals surface area contributed by atoms with Crippen LogP contribution < -0.4 is 15.5 Å². The van der Waals surface area contributed by atoms with Crippen LogP contribution in [0.1, 0.15) is 22.3 Å². The number of carbonyl (C=O) groups is 4. The van der Waals surface area contributed by atoms with Gasteiger partial charge in [0.2, 0.25) is 11.8 Å². The molecule has 45 heavy (non-hydrogen) atoms. The number of halogens is 2. The lowest BCUT2D eigenvalue weighted by atomic mass is 10.1. The topological polar surface area (TPSA) is 139 Å². The molecule has 0 spiro atoms. The van der Waals surface area contributed by atoms with E-state index in [4.69, 9.17) is 23.2 Å². The Morgan fingerprint density at radius 2 is 1.67 bits per heavy atom. The highest BCUT2D eigenvalue weighted by molar-refractivity contribution is 8.00. The molecule has 4 aromatic rings. The number of imide groups is 1. The van der Waals surface area contributed by atoms with Gasteiger partial charge in [0.1, 0.15) is 5.70 Å². The summed E-state index contributed by atoms with van der Waals surface area (Å²) in [6.45, 7) is 0. The van der Waals surface area contributed by atoms with Crippen LogP contribution in [0.15, 0.2) is 108 Å². The third-order valence-electron chi connectivity index (χ3n) is 6.57. The van der Waals surface area contributed by atoms with Crippen LogP contribution in [0.5, 0.6) is 0 Å². The first kappa shape index (κ1) is 31.5. The summed E-state index contributed by atoms with van der Waals surface area (Å²) in [4.78, 5) is 64.5. The summed E-state index contributed by atoms with van der Waals surface area (Å²) in [6, 6.07) is 25.0. The normalized spacial score (nSPS) is 14.8. The number of nitro groups is 1. The molecule has 0 bridgehead atoms. The molecule has 0 aliphatic carbocycles. The molecule has 4 amide bonds. The summed E-state index contributed by atoms with van der Waals surface area (Å²) in [7, 11) is 0. The van der Waals surface area contributed by atoms with E-state index >= 15 is 0 Å². The predicted molar refractivity (Wildman–Crippen MR) is 173 cm³/mol. The monoisotopic (exact) mass is 660 g/mol. The third kappa shape index (κ3) is 7.58. The van der Waals surface area contributed by atoms with Gasteiger partial charge in [0.15, 0.2) is 0 Å². The zero-order valence-electron chi connectivity index (χ0n) is 23.1. The van der Waals surface area contributed by atoms with Crippen LogP contribution >= 0.6 is 35.0 Å². The second-order valence-electron chi connectivity index (χ2n) is 9.68. The Morgan fingerprint density at radius 3 is 2.38 bits per heavy atom. The lowest BCUT2D eigenvalue weighted by molar-refractivity contribution is -0.384. The van der Waals surface area contributed by atoms with Gasteiger partial charge in [0.25, 0.3) is 17.5 Å². The zero-order valence-corrected chi connectivity index (χ0v) is 25.4. The Kier molecular flexibility index (Phi) is 9.62. The zero-order chi connectivity index (χ0) is 32.1. The predicted octanol–water partition coefficient (Wildman–Crippen LogP) is 6.74. The van der Waals surface area contributed by atoms with E-state index in [1.807, 2.05) is 0 Å². The highest BCUT2D eigenvalue weighted by Gasteiger charge is 2.41. The van der Waals surface area contributed by atoms with Crippen molar-refractivity contribution in [1.82, 2.24) is 5.32 Å². The molecule has 13 heteroatoms. The second kappa shape index (κ2) is 13.8. The SMILES string of the molecule is O=C(Nc1cccc(SC2CC(=O)N(c3cc(Cl)ccc3Cl)C2=O)c1)/C(=C/c1ccc([N+](=O)[O-])cc1)NC(=O)c1ccccc1. The number of carbonyl (C=O) groups excluding carboxylic acids is 4. The number of amides is 4. The first-order chi connectivity index (χ1) is 21.6. The van der Waals surface area contributed by atoms with Crippen molar-refractivity contribution in [1.29, 1.82) is 0 Å². The summed E-state index contributed by atoms with van der Waals surface area (Å²) < 4.78 is 0. The van der Waals surface area contributed by atoms with Gasteiger partial charge in [0.05, 0.1) is 20.9 Å². The second-order valence-corrected chi connectivity index (χ2v) is 11.8. The van der Waals surface area contributed by atoms with Gasteiger partial charge in [-0.2, -0.15) is 0 Å². The average molecular weight is 662 g/mol. The lowest BCUT2D eigenvalue weighted by Crippen LogP contribution is -2.31. The van der Waals surface area contributed by atoms with Crippen molar-refractivity contribution in [3.8, 4) is 0 Å². The van der Waals surface area contributed by atoms with Crippen LogP contribution in [-0.4, -0.2) is 33.8 Å². The molecule has 0 radical (unpaired) electrons. The number of hydrogen-bond donors (Lipinski definition) is 2. The lowest BCUT2D eigenvalue weighted by Gasteiger charge is -2.17. The molecule has 2 N–H and O–H groups in total. The molecule has 1 aliphatic rings. The van der Waals surface area contributed by atoms with Crippen LogP contribution in [0.25, 0.3) is 6.08 Å². The minimum absolute atomic E-state index is 0.0590. The van der Waals surface area contributed by atoms with Gasteiger partial charge in [-0.25, -0.2) is 4.90 Å². The van der Waals surface area contributed by atoms with Crippen molar-refractivity contribution >= 4 is 81.7 Å². The number of benzene rings is 4. The van der Waals surface area contributed by atoms with E-state index in [1.165, 1.54) is 42.5 Å². The Bertz CT molecular complexity index is 1850. The molecule has 1 fully saturated rings. The van der Waals surface area contributed by atoms with Gasteiger partial charge in [0, 0.05) is 39.7 Å². The molecular formula is C32H22Cl2N4O6S. The number of nitro benzene ring substituents is 1. The van der Waals surface area contributed by atoms with Crippen molar-refractivity contribution in [3.63, 3.8) is 0 Å². The van der Waals surface area contributed by atoms with Gasteiger partial charge in [-0.05, 0) is 72.3 Å². The molecule has 1 saturated heterocycles. The van der Waals surface area contributed by atoms with Crippen LogP contribution in [0.3, 0.4) is 0 Å². The van der Waals surface area contributed by atoms with Gasteiger partial charge in [-0.1, -0.05) is 47.5 Å². The van der Waals surface area contributed by atoms with Crippen molar-refractivity contribution in [3.05, 3.63) is 134 Å². The van der Waals surface area contributed by atoms with E-state index < -0.39 is 33.8 Å². The first-order valence-electron chi connectivity index (χ1n) is 13.3. The molecule has 1 unspecified atom stereocenters. The number of hydrogen-bond acceptors (Lipinski definition) is 7. The van der Waals surface area contributed by atoms with Crippen molar-refractivity contribution in [2.75, 3.05) is 10.2 Å². The minimum Gasteiger partial charge on any atom is -0.321 e. The average Bonchev–Trinajstić information content (AvgIpc) is 3.30. The van der Waals surface area contributed by atoms with E-state index in [0.717, 1.165) is 16.7 Å². The van der Waals surface area contributed by atoms with Crippen molar-refractivity contribution < 1.29 is 24.1 Å². The smallest absolute Gasteiger partial charge is 0.272 e. The Balaban J connectivity index is 1.34. The molecular weight excluding hydrogens is 639 g/mol. The fourth-order valence-corrected chi connectivity index (χ4v) is 5.90. The largest absolute Gasteiger partial charge is 0.321 e. The number of rotatable bonds is 9. The fraction of sp³-hybridized carbons (Fsp3) is 0.0625. The van der Waals surface area contributed by atoms with Gasteiger partial charge < -0.3 is 10.6 Å². The van der Waals surface area contributed by atoms with E-state index in [1.54, 1.807) is 60.7 Å². The van der Waals surface area contributed by atoms with Crippen LogP contribution in [0.2, 0.25) is 10.0 Å². The molecule has 10 nitrogen and oxygen atoms in total. The van der Waals surface area contributed by atoms with E-state index in [0.29, 0.717) is 26.7 Å². The summed E-state index contributed by atoms with van der Waals surface area (Å²) >= 11 is 13.5. The fourth-order valence-electron chi connectivity index (χ4n) is 4.42. The maximum atomic E-state index is 13.4. The summed E-state index contributed by atoms with van der Waals surface area (Å²) in [5.74, 6) is -2.05. The maximum Gasteiger partial charge on any atom is 0.272 e. The van der Waals surface area contributed by atoms with Crippen LogP contribution in [-0.2, 0) is 14.4 Å². The quantitative estimate of drug-likeness (QED) is 0.0877. The molecule has 1 heterocycles. The number of nitrogens with one attached hydrogen (secondary N) is 2. The van der Waals surface area contributed by atoms with Gasteiger partial charge >= 0.3 is 0 Å². The molecule has 1 aliphatic heterocycles. The van der Waals surface area contributed by atoms with E-state index in [9.17, 15) is 29.3 Å². The standard InChI is InChI=1S/C32H22Cl2N4O6S/c33-21-11-14-25(34)27(16-21)37-29(39)18-28(32(37)42)45-24-8-4-7-22(17-24)35-31(41)26(36-30(40)20-5-2-1-3-6-20)15-19-9-12-23(13-10-19)38(43)44/h1-17,28H,18H2,(H,35,41)(H,36,40)/b26-15-. The van der Waals surface area contributed by atoms with Gasteiger partial charge in [-0.3, -0.25) is 29.3 Å². The van der Waals surface area contributed by atoms with E-state index in [-0.39, 0.29) is 28.5 Å². The third-order valence-corrected chi connectivity index (χ3v) is 8.30.